The van der Waals surface area contributed by atoms with Gasteiger partial charge in [-0.2, -0.15) is 0 Å². The average Bonchev–Trinajstić information content (AvgIpc) is 3.60. The predicted molar refractivity (Wildman–Crippen MR) is 150 cm³/mol. The zero-order valence-corrected chi connectivity index (χ0v) is 23.5. The summed E-state index contributed by atoms with van der Waals surface area (Å²) in [6.45, 7) is 9.03. The van der Waals surface area contributed by atoms with Crippen molar-refractivity contribution in [2.24, 2.45) is 0 Å². The van der Waals surface area contributed by atoms with Gasteiger partial charge in [-0.05, 0) is 37.8 Å². The molecule has 1 aliphatic heterocycles. The van der Waals surface area contributed by atoms with Crippen molar-refractivity contribution in [3.63, 3.8) is 0 Å². The topological polar surface area (TPSA) is 122 Å². The van der Waals surface area contributed by atoms with E-state index >= 15 is 0 Å². The lowest BCUT2D eigenvalue weighted by Gasteiger charge is -2.20. The minimum absolute atomic E-state index is 0.0316. The normalized spacial score (nSPS) is 14.9. The highest BCUT2D eigenvalue weighted by molar-refractivity contribution is 5.94. The average molecular weight is 559 g/mol. The summed E-state index contributed by atoms with van der Waals surface area (Å²) < 4.78 is 21.6. The number of hydrogen-bond donors (Lipinski definition) is 3. The van der Waals surface area contributed by atoms with Crippen LogP contribution in [0.4, 0.5) is 4.39 Å². The van der Waals surface area contributed by atoms with E-state index in [1.165, 1.54) is 6.07 Å². The summed E-state index contributed by atoms with van der Waals surface area (Å²) in [5.74, 6) is -0.880. The van der Waals surface area contributed by atoms with Crippen LogP contribution < -0.4 is 10.6 Å². The van der Waals surface area contributed by atoms with Crippen LogP contribution in [0.3, 0.4) is 0 Å². The Balaban J connectivity index is 1.16. The van der Waals surface area contributed by atoms with Gasteiger partial charge >= 0.3 is 0 Å². The molecule has 0 saturated carbocycles. The molecule has 1 aromatic heterocycles. The zero-order valence-electron chi connectivity index (χ0n) is 23.5. The van der Waals surface area contributed by atoms with E-state index in [9.17, 15) is 19.1 Å². The Bertz CT molecular complexity index is 1110. The number of aliphatic hydroxyl groups excluding tert-OH is 1. The molecule has 2 amide bonds. The van der Waals surface area contributed by atoms with Crippen LogP contribution in [0.2, 0.25) is 0 Å². The van der Waals surface area contributed by atoms with E-state index in [1.807, 2.05) is 11.8 Å². The van der Waals surface area contributed by atoms with E-state index in [0.29, 0.717) is 37.4 Å². The largest absolute Gasteiger partial charge is 0.391 e. The molecule has 1 aromatic carbocycles. The molecule has 0 aliphatic carbocycles. The second-order valence-electron chi connectivity index (χ2n) is 10.2. The molecule has 1 unspecified atom stereocenters. The summed E-state index contributed by atoms with van der Waals surface area (Å²) in [4.78, 5) is 26.3. The number of halogens is 1. The second-order valence-corrected chi connectivity index (χ2v) is 10.2. The Hall–Kier alpha value is -3.31. The highest BCUT2D eigenvalue weighted by Gasteiger charge is 2.21. The highest BCUT2D eigenvalue weighted by atomic mass is 19.1. The number of amides is 2. The third-order valence-corrected chi connectivity index (χ3v) is 6.93. The Labute approximate surface area is 236 Å². The Morgan fingerprint density at radius 2 is 1.95 bits per heavy atom. The summed E-state index contributed by atoms with van der Waals surface area (Å²) in [7, 11) is 0. The Kier molecular flexibility index (Phi) is 13.0. The van der Waals surface area contributed by atoms with Crippen LogP contribution in [-0.4, -0.2) is 82.3 Å². The lowest BCUT2D eigenvalue weighted by atomic mass is 10.1. The summed E-state index contributed by atoms with van der Waals surface area (Å²) >= 11 is 0. The molecular weight excluding hydrogens is 515 g/mol. The number of benzene rings is 1. The van der Waals surface area contributed by atoms with E-state index < -0.39 is 5.82 Å². The number of carbonyl (C=O) groups is 2. The molecule has 11 heteroatoms. The number of aliphatic hydroxyl groups is 1. The number of ether oxygens (including phenoxy) is 1. The van der Waals surface area contributed by atoms with Crippen molar-refractivity contribution >= 4 is 11.8 Å². The van der Waals surface area contributed by atoms with Gasteiger partial charge in [0, 0.05) is 49.3 Å². The maximum Gasteiger partial charge on any atom is 0.251 e. The minimum Gasteiger partial charge on any atom is -0.391 e. The molecular formula is C29H43FN6O4. The number of hydrogen-bond acceptors (Lipinski definition) is 7. The smallest absolute Gasteiger partial charge is 0.251 e. The molecule has 40 heavy (non-hydrogen) atoms. The third-order valence-electron chi connectivity index (χ3n) is 6.93. The van der Waals surface area contributed by atoms with Crippen molar-refractivity contribution in [3.8, 4) is 0 Å². The van der Waals surface area contributed by atoms with Crippen LogP contribution in [0.1, 0.15) is 73.5 Å². The van der Waals surface area contributed by atoms with Gasteiger partial charge in [0.2, 0.25) is 5.91 Å². The Morgan fingerprint density at radius 3 is 2.65 bits per heavy atom. The van der Waals surface area contributed by atoms with E-state index in [4.69, 9.17) is 4.74 Å². The van der Waals surface area contributed by atoms with Gasteiger partial charge in [-0.1, -0.05) is 50.5 Å². The van der Waals surface area contributed by atoms with Crippen LogP contribution in [0.5, 0.6) is 0 Å². The molecule has 1 aliphatic rings. The van der Waals surface area contributed by atoms with Gasteiger partial charge in [0.15, 0.2) is 0 Å². The number of unbranched alkanes of at least 4 members (excludes halogenated alkanes) is 5. The van der Waals surface area contributed by atoms with E-state index in [-0.39, 0.29) is 31.1 Å². The molecule has 1 saturated heterocycles. The van der Waals surface area contributed by atoms with Crippen LogP contribution >= 0.6 is 0 Å². The summed E-state index contributed by atoms with van der Waals surface area (Å²) in [6.07, 6.45) is 8.84. The first-order valence-electron chi connectivity index (χ1n) is 14.3. The van der Waals surface area contributed by atoms with Crippen LogP contribution in [0.15, 0.2) is 36.7 Å². The summed E-state index contributed by atoms with van der Waals surface area (Å²) in [5.41, 5.74) is 2.41. The first kappa shape index (κ1) is 31.2. The standard InChI is InChI=1S/C29H43FN6O4/c1-3-25-19-36(34-33-25)18-24-11-10-23(16-27(24)30)29(39)31-13-8-6-4-5-7-9-15-40-21-28(38)32-17-22(2)35-14-12-26(37)20-35/h10-11,16,19,26,37H,2-9,12-15,17-18,20-21H2,1H3,(H,31,39)(H,32,38). The Morgan fingerprint density at radius 1 is 1.18 bits per heavy atom. The molecule has 1 fully saturated rings. The lowest BCUT2D eigenvalue weighted by molar-refractivity contribution is -0.125. The van der Waals surface area contributed by atoms with E-state index in [0.717, 1.165) is 69.3 Å². The monoisotopic (exact) mass is 558 g/mol. The zero-order chi connectivity index (χ0) is 28.7. The van der Waals surface area contributed by atoms with Crippen molar-refractivity contribution in [2.45, 2.75) is 70.9 Å². The summed E-state index contributed by atoms with van der Waals surface area (Å²) in [5, 5.41) is 23.2. The number of aromatic nitrogens is 3. The quantitative estimate of drug-likeness (QED) is 0.241. The SMILES string of the molecule is C=C(CNC(=O)COCCCCCCCCNC(=O)c1ccc(Cn2cc(CC)nn2)c(F)c1)N1CCC(O)C1. The predicted octanol–water partition coefficient (Wildman–Crippen LogP) is 2.81. The van der Waals surface area contributed by atoms with Crippen molar-refractivity contribution < 1.29 is 23.8 Å². The maximum atomic E-state index is 14.5. The van der Waals surface area contributed by atoms with Gasteiger partial charge in [0.25, 0.3) is 5.91 Å². The number of aryl methyl sites for hydroxylation is 1. The van der Waals surface area contributed by atoms with Crippen molar-refractivity contribution in [1.82, 2.24) is 30.5 Å². The molecule has 3 rings (SSSR count). The minimum atomic E-state index is -0.434. The van der Waals surface area contributed by atoms with Gasteiger partial charge in [-0.3, -0.25) is 9.59 Å². The lowest BCUT2D eigenvalue weighted by Crippen LogP contribution is -2.34. The number of carbonyl (C=O) groups excluding carboxylic acids is 2. The number of likely N-dealkylation sites (tertiary alicyclic amines) is 1. The van der Waals surface area contributed by atoms with Crippen LogP contribution in [-0.2, 0) is 22.5 Å². The van der Waals surface area contributed by atoms with Crippen molar-refractivity contribution in [2.75, 3.05) is 39.4 Å². The second kappa shape index (κ2) is 16.7. The number of β-amino-alcohol motifs (C(OH)–C–C–N with tert-alkyl or cyclic N) is 1. The summed E-state index contributed by atoms with van der Waals surface area (Å²) in [6, 6.07) is 4.52. The first-order chi connectivity index (χ1) is 19.4. The van der Waals surface area contributed by atoms with Gasteiger partial charge in [-0.25, -0.2) is 9.07 Å². The molecule has 2 aromatic rings. The fourth-order valence-corrected chi connectivity index (χ4v) is 4.47. The molecule has 0 bridgehead atoms. The van der Waals surface area contributed by atoms with Gasteiger partial charge in [-0.15, -0.1) is 5.10 Å². The van der Waals surface area contributed by atoms with E-state index in [2.05, 4.69) is 27.5 Å². The van der Waals surface area contributed by atoms with Crippen LogP contribution in [0, 0.1) is 5.82 Å². The van der Waals surface area contributed by atoms with Gasteiger partial charge in [0.05, 0.1) is 24.9 Å². The van der Waals surface area contributed by atoms with Crippen molar-refractivity contribution in [3.05, 3.63) is 59.3 Å². The molecule has 220 valence electrons. The molecule has 1 atom stereocenters. The van der Waals surface area contributed by atoms with Crippen LogP contribution in [0.25, 0.3) is 0 Å². The van der Waals surface area contributed by atoms with Crippen molar-refractivity contribution in [1.29, 1.82) is 0 Å². The number of rotatable bonds is 18. The first-order valence-corrected chi connectivity index (χ1v) is 14.3. The van der Waals surface area contributed by atoms with E-state index in [1.54, 1.807) is 23.0 Å². The number of nitrogens with zero attached hydrogens (tertiary/aromatic N) is 4. The molecule has 2 heterocycles. The number of nitrogens with one attached hydrogen (secondary N) is 2. The highest BCUT2D eigenvalue weighted by Crippen LogP contribution is 2.14. The molecule has 10 nitrogen and oxygen atoms in total. The van der Waals surface area contributed by atoms with Gasteiger partial charge < -0.3 is 25.4 Å². The third kappa shape index (κ3) is 10.7. The molecule has 0 spiro atoms. The maximum absolute atomic E-state index is 14.5. The fourth-order valence-electron chi connectivity index (χ4n) is 4.47. The van der Waals surface area contributed by atoms with Gasteiger partial charge in [0.1, 0.15) is 12.4 Å². The molecule has 0 radical (unpaired) electrons. The molecule has 3 N–H and O–H groups in total. The fraction of sp³-hybridized carbons (Fsp3) is 0.586.